The van der Waals surface area contributed by atoms with Gasteiger partial charge in [0.05, 0.1) is 12.0 Å². The molecule has 0 radical (unpaired) electrons. The third kappa shape index (κ3) is 1.57. The van der Waals surface area contributed by atoms with Gasteiger partial charge in [-0.25, -0.2) is 4.79 Å². The first-order chi connectivity index (χ1) is 8.65. The number of furan rings is 1. The second-order valence-corrected chi connectivity index (χ2v) is 4.02. The van der Waals surface area contributed by atoms with Crippen LogP contribution in [0.25, 0.3) is 22.2 Å². The number of fused-ring (bicyclic) bond motifs is 1. The normalized spacial score (nSPS) is 10.9. The van der Waals surface area contributed by atoms with Crippen molar-refractivity contribution in [1.82, 2.24) is 9.78 Å². The molecule has 2 aromatic heterocycles. The molecule has 0 aliphatic rings. The van der Waals surface area contributed by atoms with Crippen LogP contribution >= 0.6 is 0 Å². The number of carboxylic acids is 1. The van der Waals surface area contributed by atoms with E-state index in [-0.39, 0.29) is 5.69 Å². The molecule has 5 nitrogen and oxygen atoms in total. The molecule has 0 saturated carbocycles. The zero-order valence-corrected chi connectivity index (χ0v) is 9.62. The number of aromatic carboxylic acids is 1. The van der Waals surface area contributed by atoms with Crippen molar-refractivity contribution in [2.45, 2.75) is 0 Å². The average molecular weight is 242 g/mol. The van der Waals surface area contributed by atoms with Gasteiger partial charge in [0.15, 0.2) is 5.69 Å². The van der Waals surface area contributed by atoms with E-state index in [9.17, 15) is 4.79 Å². The highest BCUT2D eigenvalue weighted by Crippen LogP contribution is 2.25. The van der Waals surface area contributed by atoms with E-state index in [4.69, 9.17) is 9.52 Å². The molecule has 0 unspecified atom stereocenters. The Morgan fingerprint density at radius 2 is 2.17 bits per heavy atom. The highest BCUT2D eigenvalue weighted by Gasteiger charge is 2.13. The van der Waals surface area contributed by atoms with Crippen molar-refractivity contribution in [1.29, 1.82) is 0 Å². The molecule has 5 heteroatoms. The summed E-state index contributed by atoms with van der Waals surface area (Å²) in [6.45, 7) is 0. The van der Waals surface area contributed by atoms with Crippen molar-refractivity contribution < 1.29 is 14.3 Å². The van der Waals surface area contributed by atoms with Crippen LogP contribution in [-0.2, 0) is 7.05 Å². The van der Waals surface area contributed by atoms with E-state index in [0.29, 0.717) is 0 Å². The number of carboxylic acid groups (broad SMARTS) is 1. The number of aromatic nitrogens is 2. The molecule has 0 amide bonds. The van der Waals surface area contributed by atoms with Gasteiger partial charge in [0, 0.05) is 18.0 Å². The van der Waals surface area contributed by atoms with E-state index in [1.807, 2.05) is 24.3 Å². The lowest BCUT2D eigenvalue weighted by molar-refractivity contribution is 0.0689. The Kier molecular flexibility index (Phi) is 2.19. The maximum atomic E-state index is 10.9. The molecule has 0 atom stereocenters. The second kappa shape index (κ2) is 3.73. The maximum absolute atomic E-state index is 10.9. The number of benzene rings is 1. The summed E-state index contributed by atoms with van der Waals surface area (Å²) >= 11 is 0. The lowest BCUT2D eigenvalue weighted by atomic mass is 10.1. The van der Waals surface area contributed by atoms with E-state index in [0.717, 1.165) is 22.2 Å². The maximum Gasteiger partial charge on any atom is 0.356 e. The summed E-state index contributed by atoms with van der Waals surface area (Å²) in [5, 5.41) is 13.9. The molecule has 0 bridgehead atoms. The summed E-state index contributed by atoms with van der Waals surface area (Å²) in [5.41, 5.74) is 2.42. The Morgan fingerprint density at radius 1 is 1.33 bits per heavy atom. The first kappa shape index (κ1) is 10.6. The fourth-order valence-corrected chi connectivity index (χ4v) is 1.96. The van der Waals surface area contributed by atoms with Crippen LogP contribution in [0.3, 0.4) is 0 Å². The highest BCUT2D eigenvalue weighted by molar-refractivity contribution is 5.88. The van der Waals surface area contributed by atoms with E-state index in [1.54, 1.807) is 24.1 Å². The van der Waals surface area contributed by atoms with E-state index >= 15 is 0 Å². The van der Waals surface area contributed by atoms with Gasteiger partial charge >= 0.3 is 5.97 Å². The second-order valence-electron chi connectivity index (χ2n) is 4.02. The molecule has 0 spiro atoms. The van der Waals surface area contributed by atoms with Crippen LogP contribution < -0.4 is 0 Å². The molecule has 1 aromatic carbocycles. The monoisotopic (exact) mass is 242 g/mol. The van der Waals surface area contributed by atoms with Gasteiger partial charge in [0.2, 0.25) is 0 Å². The van der Waals surface area contributed by atoms with Gasteiger partial charge in [0.25, 0.3) is 0 Å². The van der Waals surface area contributed by atoms with E-state index in [2.05, 4.69) is 5.10 Å². The number of hydrogen-bond acceptors (Lipinski definition) is 3. The molecule has 0 aliphatic carbocycles. The number of carbonyl (C=O) groups is 1. The largest absolute Gasteiger partial charge is 0.476 e. The van der Waals surface area contributed by atoms with Gasteiger partial charge in [0.1, 0.15) is 5.58 Å². The third-order valence-electron chi connectivity index (χ3n) is 2.85. The van der Waals surface area contributed by atoms with Crippen LogP contribution in [0.4, 0.5) is 0 Å². The van der Waals surface area contributed by atoms with Crippen molar-refractivity contribution in [2.75, 3.05) is 0 Å². The molecule has 18 heavy (non-hydrogen) atoms. The lowest BCUT2D eigenvalue weighted by Gasteiger charge is -2.01. The minimum absolute atomic E-state index is 0.0343. The van der Waals surface area contributed by atoms with Crippen LogP contribution in [0.5, 0.6) is 0 Å². The molecular weight excluding hydrogens is 232 g/mol. The van der Waals surface area contributed by atoms with Crippen molar-refractivity contribution in [2.24, 2.45) is 7.05 Å². The van der Waals surface area contributed by atoms with Crippen LogP contribution in [0.2, 0.25) is 0 Å². The molecule has 3 aromatic rings. The van der Waals surface area contributed by atoms with Gasteiger partial charge in [-0.3, -0.25) is 4.68 Å². The summed E-state index contributed by atoms with van der Waals surface area (Å²) in [4.78, 5) is 10.9. The van der Waals surface area contributed by atoms with Crippen LogP contribution in [0, 0.1) is 0 Å². The third-order valence-corrected chi connectivity index (χ3v) is 2.85. The standard InChI is InChI=1S/C13H10N2O3/c1-15-11(7-10(14-15)13(16)17)9-3-2-8-4-5-18-12(8)6-9/h2-7H,1H3,(H,16,17). The molecule has 0 fully saturated rings. The summed E-state index contributed by atoms with van der Waals surface area (Å²) in [6, 6.07) is 9.15. The Morgan fingerprint density at radius 3 is 2.89 bits per heavy atom. The molecule has 90 valence electrons. The van der Waals surface area contributed by atoms with Crippen molar-refractivity contribution in [3.05, 3.63) is 42.3 Å². The fourth-order valence-electron chi connectivity index (χ4n) is 1.96. The summed E-state index contributed by atoms with van der Waals surface area (Å²) in [5.74, 6) is -1.03. The smallest absolute Gasteiger partial charge is 0.356 e. The SMILES string of the molecule is Cn1nc(C(=O)O)cc1-c1ccc2ccoc2c1. The first-order valence-corrected chi connectivity index (χ1v) is 5.40. The summed E-state index contributed by atoms with van der Waals surface area (Å²) < 4.78 is 6.88. The predicted octanol–water partition coefficient (Wildman–Crippen LogP) is 2.53. The topological polar surface area (TPSA) is 68.3 Å². The predicted molar refractivity (Wildman–Crippen MR) is 65.4 cm³/mol. The van der Waals surface area contributed by atoms with Crippen LogP contribution in [0.1, 0.15) is 10.5 Å². The molecule has 3 rings (SSSR count). The number of rotatable bonds is 2. The first-order valence-electron chi connectivity index (χ1n) is 5.40. The highest BCUT2D eigenvalue weighted by atomic mass is 16.4. The Labute approximate surface area is 102 Å². The van der Waals surface area contributed by atoms with Gasteiger partial charge < -0.3 is 9.52 Å². The zero-order chi connectivity index (χ0) is 12.7. The Hall–Kier alpha value is -2.56. The van der Waals surface area contributed by atoms with Crippen LogP contribution in [-0.4, -0.2) is 20.9 Å². The number of hydrogen-bond donors (Lipinski definition) is 1. The quantitative estimate of drug-likeness (QED) is 0.749. The molecule has 0 saturated heterocycles. The molecule has 0 aliphatic heterocycles. The minimum Gasteiger partial charge on any atom is -0.476 e. The van der Waals surface area contributed by atoms with Crippen molar-refractivity contribution >= 4 is 16.9 Å². The number of aryl methyl sites for hydroxylation is 1. The zero-order valence-electron chi connectivity index (χ0n) is 9.62. The molecule has 2 heterocycles. The van der Waals surface area contributed by atoms with E-state index in [1.165, 1.54) is 0 Å². The minimum atomic E-state index is -1.03. The Bertz CT molecular complexity index is 740. The van der Waals surface area contributed by atoms with Crippen molar-refractivity contribution in [3.8, 4) is 11.3 Å². The van der Waals surface area contributed by atoms with Gasteiger partial charge in [-0.2, -0.15) is 5.10 Å². The molecule has 1 N–H and O–H groups in total. The van der Waals surface area contributed by atoms with Crippen molar-refractivity contribution in [3.63, 3.8) is 0 Å². The Balaban J connectivity index is 2.15. The molecular formula is C13H10N2O3. The van der Waals surface area contributed by atoms with Gasteiger partial charge in [-0.15, -0.1) is 0 Å². The lowest BCUT2D eigenvalue weighted by Crippen LogP contribution is -1.99. The van der Waals surface area contributed by atoms with E-state index < -0.39 is 5.97 Å². The average Bonchev–Trinajstić information content (AvgIpc) is 2.93. The van der Waals surface area contributed by atoms with Crippen LogP contribution in [0.15, 0.2) is 41.0 Å². The van der Waals surface area contributed by atoms with Gasteiger partial charge in [-0.05, 0) is 18.2 Å². The summed E-state index contributed by atoms with van der Waals surface area (Å²) in [7, 11) is 1.72. The van der Waals surface area contributed by atoms with Gasteiger partial charge in [-0.1, -0.05) is 12.1 Å². The number of nitrogens with zero attached hydrogens (tertiary/aromatic N) is 2. The fraction of sp³-hybridized carbons (Fsp3) is 0.0769. The summed E-state index contributed by atoms with van der Waals surface area (Å²) in [6.07, 6.45) is 1.63.